The summed E-state index contributed by atoms with van der Waals surface area (Å²) in [6.07, 6.45) is 22.0. The molecule has 2 aliphatic rings. The summed E-state index contributed by atoms with van der Waals surface area (Å²) < 4.78 is 54.1. The van der Waals surface area contributed by atoms with E-state index in [1.807, 2.05) is 0 Å². The molecule has 2 aliphatic heterocycles. The molecule has 0 aliphatic carbocycles. The maximum Gasteiger partial charge on any atom is 0.330 e. The van der Waals surface area contributed by atoms with Gasteiger partial charge in [-0.1, -0.05) is 84.3 Å². The average Bonchev–Trinajstić information content (AvgIpc) is 3.58. The Labute approximate surface area is 251 Å². The van der Waals surface area contributed by atoms with Crippen LogP contribution in [0.3, 0.4) is 0 Å². The van der Waals surface area contributed by atoms with Gasteiger partial charge in [-0.2, -0.15) is 0 Å². The van der Waals surface area contributed by atoms with Crippen molar-refractivity contribution in [3.05, 3.63) is 12.2 Å². The van der Waals surface area contributed by atoms with Gasteiger partial charge in [0.15, 0.2) is 0 Å². The standard InChI is InChI=1S/C23H43O5P.C5H11O4P.C2H6/c1-3-4-5-6-7-8-9-10-11-12-13-14-15-16-17-18-23(24)27-19-22-20-28-29(25,21-22)26-2;1-8-10(7)4-5(2-6)3-9-10;1-2/h10-11,22H,3-9,12-21H2,1-2H3;5-6H,2-4H2,1H3;1-2H3/b11-10-;;/i;;1D. The molecule has 2 saturated heterocycles. The van der Waals surface area contributed by atoms with Crippen molar-refractivity contribution in [2.75, 3.05) is 53.0 Å². The van der Waals surface area contributed by atoms with Gasteiger partial charge in [0, 0.05) is 40.5 Å². The minimum atomic E-state index is -2.92. The van der Waals surface area contributed by atoms with E-state index in [2.05, 4.69) is 23.6 Å². The Balaban J connectivity index is 0.00000106. The van der Waals surface area contributed by atoms with Crippen LogP contribution in [0.5, 0.6) is 0 Å². The number of aliphatic hydroxyl groups excluding tert-OH is 1. The fraction of sp³-hybridized carbons (Fsp3) is 0.900. The van der Waals surface area contributed by atoms with Crippen LogP contribution in [0.15, 0.2) is 12.2 Å². The number of carbonyl (C=O) groups excluding carboxylic acids is 1. The minimum absolute atomic E-state index is 0.00853. The highest BCUT2D eigenvalue weighted by molar-refractivity contribution is 7.54. The number of carbonyl (C=O) groups is 1. The van der Waals surface area contributed by atoms with Crippen LogP contribution in [0.1, 0.15) is 112 Å². The van der Waals surface area contributed by atoms with Gasteiger partial charge in [-0.25, -0.2) is 0 Å². The molecule has 4 atom stereocenters. The van der Waals surface area contributed by atoms with Crippen LogP contribution in [0.4, 0.5) is 0 Å². The fourth-order valence-electron chi connectivity index (χ4n) is 4.37. The summed E-state index contributed by atoms with van der Waals surface area (Å²) in [7, 11) is -2.95. The molecule has 41 heavy (non-hydrogen) atoms. The Hall–Kier alpha value is -0.530. The van der Waals surface area contributed by atoms with Crippen molar-refractivity contribution >= 4 is 21.2 Å². The van der Waals surface area contributed by atoms with E-state index < -0.39 is 15.2 Å². The first kappa shape index (κ1) is 38.5. The SMILES string of the molecule is CCCCCCCC/C=C\CCCCCCCC(=O)OCC1COP(=O)(OC)C1.COP1(=O)CC(CO)CO1.[2H]CC. The van der Waals surface area contributed by atoms with E-state index in [-0.39, 0.29) is 31.0 Å². The number of hydrogen-bond acceptors (Lipinski definition) is 9. The lowest BCUT2D eigenvalue weighted by Crippen LogP contribution is -2.16. The predicted molar refractivity (Wildman–Crippen MR) is 167 cm³/mol. The highest BCUT2D eigenvalue weighted by atomic mass is 31.2. The van der Waals surface area contributed by atoms with Gasteiger partial charge in [0.1, 0.15) is 0 Å². The number of aliphatic hydroxyl groups is 1. The predicted octanol–water partition coefficient (Wildman–Crippen LogP) is 8.54. The average molecular weight is 628 g/mol. The molecule has 9 nitrogen and oxygen atoms in total. The molecule has 1 N–H and O–H groups in total. The van der Waals surface area contributed by atoms with Crippen molar-refractivity contribution in [3.63, 3.8) is 0 Å². The second-order valence-corrected chi connectivity index (χ2v) is 14.9. The molecule has 0 aromatic rings. The third kappa shape index (κ3) is 20.9. The summed E-state index contributed by atoms with van der Waals surface area (Å²) >= 11 is 0. The summed E-state index contributed by atoms with van der Waals surface area (Å²) in [6.45, 7) is 5.53. The lowest BCUT2D eigenvalue weighted by atomic mass is 10.1. The number of hydrogen-bond donors (Lipinski definition) is 1. The fourth-order valence-corrected chi connectivity index (χ4v) is 7.66. The van der Waals surface area contributed by atoms with Gasteiger partial charge in [0.05, 0.1) is 32.1 Å². The van der Waals surface area contributed by atoms with Gasteiger partial charge in [-0.05, 0) is 32.1 Å². The molecule has 2 fully saturated rings. The van der Waals surface area contributed by atoms with E-state index in [4.69, 9.17) is 24.8 Å². The van der Waals surface area contributed by atoms with Gasteiger partial charge in [0.25, 0.3) is 0 Å². The largest absolute Gasteiger partial charge is 0.465 e. The molecule has 0 saturated carbocycles. The van der Waals surface area contributed by atoms with Crippen LogP contribution in [0.2, 0.25) is 0 Å². The highest BCUT2D eigenvalue weighted by Crippen LogP contribution is 2.54. The van der Waals surface area contributed by atoms with Crippen molar-refractivity contribution in [1.82, 2.24) is 0 Å². The summed E-state index contributed by atoms with van der Waals surface area (Å²) in [6, 6.07) is 0. The van der Waals surface area contributed by atoms with E-state index >= 15 is 0 Å². The second kappa shape index (κ2) is 25.9. The third-order valence-electron chi connectivity index (χ3n) is 6.91. The molecular weight excluding hydrogens is 566 g/mol. The smallest absolute Gasteiger partial charge is 0.330 e. The summed E-state index contributed by atoms with van der Waals surface area (Å²) in [5.41, 5.74) is 0. The zero-order valence-electron chi connectivity index (χ0n) is 27.3. The highest BCUT2D eigenvalue weighted by Gasteiger charge is 2.36. The molecule has 2 rings (SSSR count). The zero-order chi connectivity index (χ0) is 31.5. The Bertz CT molecular complexity index is 782. The second-order valence-electron chi connectivity index (χ2n) is 10.5. The maximum absolute atomic E-state index is 11.9. The molecule has 0 spiro atoms. The first-order valence-electron chi connectivity index (χ1n) is 16.2. The first-order chi connectivity index (χ1) is 20.2. The van der Waals surface area contributed by atoms with Crippen LogP contribution in [0.25, 0.3) is 0 Å². The third-order valence-corrected chi connectivity index (χ3v) is 11.0. The van der Waals surface area contributed by atoms with Gasteiger partial charge in [0.2, 0.25) is 0 Å². The summed E-state index contributed by atoms with van der Waals surface area (Å²) in [4.78, 5) is 11.8. The lowest BCUT2D eigenvalue weighted by Gasteiger charge is -2.09. The monoisotopic (exact) mass is 627 g/mol. The van der Waals surface area contributed by atoms with E-state index in [9.17, 15) is 13.9 Å². The van der Waals surface area contributed by atoms with Crippen LogP contribution in [-0.2, 0) is 36.8 Å². The number of esters is 1. The summed E-state index contributed by atoms with van der Waals surface area (Å²) in [5, 5.41) is 8.64. The molecule has 0 bridgehead atoms. The molecular formula is C30H60O9P2. The quantitative estimate of drug-likeness (QED) is 0.0613. The molecule has 0 amide bonds. The van der Waals surface area contributed by atoms with Crippen LogP contribution >= 0.6 is 15.2 Å². The molecule has 244 valence electrons. The molecule has 0 aromatic carbocycles. The van der Waals surface area contributed by atoms with Crippen LogP contribution in [0, 0.1) is 11.8 Å². The van der Waals surface area contributed by atoms with Gasteiger partial charge in [-0.15, -0.1) is 0 Å². The summed E-state index contributed by atoms with van der Waals surface area (Å²) in [5.74, 6) is -0.189. The van der Waals surface area contributed by atoms with E-state index in [0.717, 1.165) is 12.8 Å². The van der Waals surface area contributed by atoms with E-state index in [1.165, 1.54) is 84.8 Å². The Morgan fingerprint density at radius 2 is 1.32 bits per heavy atom. The molecule has 11 heteroatoms. The van der Waals surface area contributed by atoms with Crippen molar-refractivity contribution in [2.45, 2.75) is 111 Å². The number of unbranched alkanes of at least 4 members (excludes halogenated alkanes) is 11. The number of ether oxygens (including phenoxy) is 1. The maximum atomic E-state index is 11.9. The van der Waals surface area contributed by atoms with Gasteiger partial charge >= 0.3 is 21.2 Å². The van der Waals surface area contributed by atoms with Crippen LogP contribution in [-0.4, -0.2) is 64.0 Å². The normalized spacial score (nSPS) is 25.7. The van der Waals surface area contributed by atoms with Gasteiger partial charge in [-0.3, -0.25) is 13.9 Å². The zero-order valence-corrected chi connectivity index (χ0v) is 28.1. The molecule has 4 unspecified atom stereocenters. The Morgan fingerprint density at radius 3 is 1.78 bits per heavy atom. The van der Waals surface area contributed by atoms with Crippen LogP contribution < -0.4 is 0 Å². The molecule has 0 radical (unpaired) electrons. The van der Waals surface area contributed by atoms with Crippen molar-refractivity contribution in [2.24, 2.45) is 11.8 Å². The van der Waals surface area contributed by atoms with E-state index in [0.29, 0.717) is 38.9 Å². The van der Waals surface area contributed by atoms with Crippen molar-refractivity contribution in [1.29, 1.82) is 0 Å². The topological polar surface area (TPSA) is 118 Å². The molecule has 0 aromatic heterocycles. The minimum Gasteiger partial charge on any atom is -0.465 e. The number of allylic oxidation sites excluding steroid dienone is 2. The van der Waals surface area contributed by atoms with Gasteiger partial charge < -0.3 is 27.9 Å². The first-order valence-corrected chi connectivity index (χ1v) is 19.0. The number of rotatable bonds is 20. The molecule has 2 heterocycles. The van der Waals surface area contributed by atoms with Crippen molar-refractivity contribution < 1.29 is 43.2 Å². The lowest BCUT2D eigenvalue weighted by molar-refractivity contribution is -0.145. The van der Waals surface area contributed by atoms with E-state index in [1.54, 1.807) is 6.92 Å². The van der Waals surface area contributed by atoms with Crippen molar-refractivity contribution in [3.8, 4) is 0 Å². The Morgan fingerprint density at radius 1 is 0.854 bits per heavy atom. The Kier molecular flexibility index (Phi) is 24.3.